The number of allylic oxidation sites excluding steroid dienone is 8. The highest BCUT2D eigenvalue weighted by Gasteiger charge is 2.28. The topological polar surface area (TPSA) is 110 Å². The minimum atomic E-state index is -1.29. The Morgan fingerprint density at radius 3 is 1.13 bits per heavy atom. The zero-order chi connectivity index (χ0) is 44.5. The van der Waals surface area contributed by atoms with Gasteiger partial charge in [0.15, 0.2) is 0 Å². The normalized spacial score (nSPS) is 14.3. The summed E-state index contributed by atoms with van der Waals surface area (Å²) >= 11 is 0. The molecule has 0 rings (SSSR count). The first-order valence-electron chi connectivity index (χ1n) is 26.5. The number of amides is 1. The highest BCUT2D eigenvalue weighted by molar-refractivity contribution is 5.80. The van der Waals surface area contributed by atoms with Crippen LogP contribution in [0.2, 0.25) is 0 Å². The molecular formula is C55H103NO5. The minimum absolute atomic E-state index is 0.359. The van der Waals surface area contributed by atoms with Gasteiger partial charge < -0.3 is 25.7 Å². The molecule has 0 saturated heterocycles. The highest BCUT2D eigenvalue weighted by Crippen LogP contribution is 2.16. The Bertz CT molecular complexity index is 1010. The summed E-state index contributed by atoms with van der Waals surface area (Å²) in [4.78, 5) is 12.6. The number of aliphatic hydroxyl groups is 4. The molecule has 0 aromatic heterocycles. The summed E-state index contributed by atoms with van der Waals surface area (Å²) in [6.07, 6.45) is 61.7. The fraction of sp³-hybridized carbons (Fsp3) is 0.836. The lowest BCUT2D eigenvalue weighted by atomic mass is 10.00. The van der Waals surface area contributed by atoms with Crippen LogP contribution >= 0.6 is 0 Å². The van der Waals surface area contributed by atoms with Gasteiger partial charge in [0, 0.05) is 0 Å². The minimum Gasteiger partial charge on any atom is -0.394 e. The van der Waals surface area contributed by atoms with Crippen molar-refractivity contribution in [3.63, 3.8) is 0 Å². The molecule has 6 nitrogen and oxygen atoms in total. The third-order valence-corrected chi connectivity index (χ3v) is 12.2. The fourth-order valence-electron chi connectivity index (χ4n) is 8.04. The van der Waals surface area contributed by atoms with Crippen LogP contribution in [0.25, 0.3) is 0 Å². The molecule has 61 heavy (non-hydrogen) atoms. The first kappa shape index (κ1) is 59.3. The largest absolute Gasteiger partial charge is 0.394 e. The number of unbranched alkanes of at least 4 members (excludes halogenated alkanes) is 31. The number of carbonyl (C=O) groups is 1. The van der Waals surface area contributed by atoms with Crippen LogP contribution in [0.3, 0.4) is 0 Å². The quantitative estimate of drug-likeness (QED) is 0.0309. The molecule has 0 heterocycles. The molecule has 0 saturated carbocycles. The van der Waals surface area contributed by atoms with Crippen LogP contribution in [-0.4, -0.2) is 57.3 Å². The maximum absolute atomic E-state index is 12.6. The SMILES string of the molecule is CCCCCCCC/C=C/CC/C=C/CCCC(O)C(O)C(CO)NC(=O)C(O)CCCCCCCCCCCCCCCC/C=C\C/C=C\CCCCCCCCCCC. The first-order valence-corrected chi connectivity index (χ1v) is 26.5. The van der Waals surface area contributed by atoms with Gasteiger partial charge in [0.05, 0.1) is 18.8 Å². The zero-order valence-corrected chi connectivity index (χ0v) is 40.4. The maximum atomic E-state index is 12.6. The van der Waals surface area contributed by atoms with Crippen LogP contribution < -0.4 is 5.32 Å². The van der Waals surface area contributed by atoms with Crippen molar-refractivity contribution < 1.29 is 25.2 Å². The lowest BCUT2D eigenvalue weighted by Crippen LogP contribution is -2.53. The van der Waals surface area contributed by atoms with E-state index in [0.29, 0.717) is 19.3 Å². The Kier molecular flexibility index (Phi) is 47.9. The molecule has 0 aliphatic carbocycles. The molecule has 0 aromatic rings. The van der Waals surface area contributed by atoms with E-state index in [4.69, 9.17) is 0 Å². The fourth-order valence-corrected chi connectivity index (χ4v) is 8.04. The molecule has 0 aliphatic rings. The van der Waals surface area contributed by atoms with Gasteiger partial charge in [-0.2, -0.15) is 0 Å². The van der Waals surface area contributed by atoms with Crippen molar-refractivity contribution in [2.45, 2.75) is 289 Å². The number of nitrogens with one attached hydrogen (secondary N) is 1. The lowest BCUT2D eigenvalue weighted by Gasteiger charge is -2.27. The number of rotatable bonds is 48. The molecule has 5 N–H and O–H groups in total. The monoisotopic (exact) mass is 858 g/mol. The molecule has 0 spiro atoms. The van der Waals surface area contributed by atoms with Crippen LogP contribution in [0.15, 0.2) is 48.6 Å². The van der Waals surface area contributed by atoms with E-state index < -0.39 is 36.9 Å². The molecule has 0 aromatic carbocycles. The van der Waals surface area contributed by atoms with Gasteiger partial charge in [0.2, 0.25) is 5.91 Å². The second-order valence-corrected chi connectivity index (χ2v) is 18.2. The van der Waals surface area contributed by atoms with Gasteiger partial charge in [-0.15, -0.1) is 0 Å². The van der Waals surface area contributed by atoms with Gasteiger partial charge in [0.25, 0.3) is 0 Å². The summed E-state index contributed by atoms with van der Waals surface area (Å²) in [6, 6.07) is -1.01. The van der Waals surface area contributed by atoms with Crippen molar-refractivity contribution >= 4 is 5.91 Å². The molecule has 4 atom stereocenters. The lowest BCUT2D eigenvalue weighted by molar-refractivity contribution is -0.132. The molecule has 0 radical (unpaired) electrons. The Morgan fingerprint density at radius 1 is 0.410 bits per heavy atom. The second kappa shape index (κ2) is 49.3. The average molecular weight is 858 g/mol. The van der Waals surface area contributed by atoms with E-state index in [1.807, 2.05) is 0 Å². The summed E-state index contributed by atoms with van der Waals surface area (Å²) in [6.45, 7) is 4.03. The second-order valence-electron chi connectivity index (χ2n) is 18.2. The summed E-state index contributed by atoms with van der Waals surface area (Å²) in [5.74, 6) is -0.598. The Morgan fingerprint density at radius 2 is 0.738 bits per heavy atom. The number of aliphatic hydroxyl groups excluding tert-OH is 4. The number of carbonyl (C=O) groups excluding carboxylic acids is 1. The van der Waals surface area contributed by atoms with Gasteiger partial charge in [-0.05, 0) is 83.5 Å². The van der Waals surface area contributed by atoms with Crippen LogP contribution in [0.4, 0.5) is 0 Å². The van der Waals surface area contributed by atoms with E-state index in [-0.39, 0.29) is 0 Å². The van der Waals surface area contributed by atoms with Gasteiger partial charge in [-0.1, -0.05) is 229 Å². The average Bonchev–Trinajstić information content (AvgIpc) is 3.26. The predicted molar refractivity (Wildman–Crippen MR) is 265 cm³/mol. The molecular weight excluding hydrogens is 755 g/mol. The van der Waals surface area contributed by atoms with Crippen molar-refractivity contribution in [2.24, 2.45) is 0 Å². The van der Waals surface area contributed by atoms with E-state index in [9.17, 15) is 25.2 Å². The van der Waals surface area contributed by atoms with Crippen LogP contribution in [0.1, 0.15) is 264 Å². The third kappa shape index (κ3) is 43.3. The number of hydrogen-bond acceptors (Lipinski definition) is 5. The van der Waals surface area contributed by atoms with Crippen molar-refractivity contribution in [3.8, 4) is 0 Å². The first-order chi connectivity index (χ1) is 30.0. The molecule has 6 heteroatoms. The Labute approximate surface area is 379 Å². The summed E-state index contributed by atoms with van der Waals surface area (Å²) in [5, 5.41) is 43.8. The molecule has 0 aliphatic heterocycles. The zero-order valence-electron chi connectivity index (χ0n) is 40.4. The molecule has 0 fully saturated rings. The summed E-state index contributed by atoms with van der Waals surface area (Å²) in [7, 11) is 0. The summed E-state index contributed by atoms with van der Waals surface area (Å²) in [5.41, 5.74) is 0. The Hall–Kier alpha value is -1.73. The standard InChI is InChI=1S/C55H103NO5/c1-3-5-7-9-11-13-15-17-19-20-21-22-23-24-25-26-27-28-29-30-31-32-33-35-37-39-41-43-45-47-49-53(59)55(61)56-51(50-57)54(60)52(58)48-46-44-42-40-38-36-34-18-16-14-12-10-8-6-4-2/h18,21-22,24-25,34,40,42,51-54,57-60H,3-17,19-20,23,26-33,35-39,41,43-50H2,1-2H3,(H,56,61)/b22-21-,25-24-,34-18+,42-40+. The van der Waals surface area contributed by atoms with Crippen molar-refractivity contribution in [1.29, 1.82) is 0 Å². The maximum Gasteiger partial charge on any atom is 0.249 e. The van der Waals surface area contributed by atoms with Gasteiger partial charge in [-0.25, -0.2) is 0 Å². The van der Waals surface area contributed by atoms with E-state index in [1.165, 1.54) is 186 Å². The van der Waals surface area contributed by atoms with Gasteiger partial charge >= 0.3 is 0 Å². The third-order valence-electron chi connectivity index (χ3n) is 12.2. The summed E-state index contributed by atoms with van der Waals surface area (Å²) < 4.78 is 0. The van der Waals surface area contributed by atoms with E-state index in [1.54, 1.807) is 0 Å². The number of hydrogen-bond donors (Lipinski definition) is 5. The van der Waals surface area contributed by atoms with Crippen molar-refractivity contribution in [3.05, 3.63) is 48.6 Å². The smallest absolute Gasteiger partial charge is 0.249 e. The van der Waals surface area contributed by atoms with E-state index in [0.717, 1.165) is 44.9 Å². The Balaban J connectivity index is 3.66. The van der Waals surface area contributed by atoms with Gasteiger partial charge in [-0.3, -0.25) is 4.79 Å². The predicted octanol–water partition coefficient (Wildman–Crippen LogP) is 15.0. The molecule has 358 valence electrons. The highest BCUT2D eigenvalue weighted by atomic mass is 16.3. The molecule has 1 amide bonds. The van der Waals surface area contributed by atoms with Crippen molar-refractivity contribution in [2.75, 3.05) is 6.61 Å². The van der Waals surface area contributed by atoms with E-state index >= 15 is 0 Å². The van der Waals surface area contributed by atoms with Crippen molar-refractivity contribution in [1.82, 2.24) is 5.32 Å². The van der Waals surface area contributed by atoms with Crippen LogP contribution in [-0.2, 0) is 4.79 Å². The van der Waals surface area contributed by atoms with E-state index in [2.05, 4.69) is 67.8 Å². The van der Waals surface area contributed by atoms with Crippen LogP contribution in [0.5, 0.6) is 0 Å². The van der Waals surface area contributed by atoms with Crippen LogP contribution in [0, 0.1) is 0 Å². The molecule has 0 bridgehead atoms. The van der Waals surface area contributed by atoms with Gasteiger partial charge in [0.1, 0.15) is 12.2 Å². The molecule has 4 unspecified atom stereocenters.